The Kier molecular flexibility index (Phi) is 6.36. The van der Waals surface area contributed by atoms with Gasteiger partial charge >= 0.3 is 5.97 Å². The van der Waals surface area contributed by atoms with Crippen LogP contribution in [-0.2, 0) is 9.53 Å². The smallest absolute Gasteiger partial charge is 0.339 e. The SMILES string of the molecule is COc1ccc(NC(=O)[C@H](C)OC(=O)c2ccc(C)c([N+](=O)[O-])c2)cc1Cl. The second kappa shape index (κ2) is 8.50. The second-order valence-corrected chi connectivity index (χ2v) is 6.05. The number of carbonyl (C=O) groups is 2. The number of hydrogen-bond donors (Lipinski definition) is 1. The Bertz CT molecular complexity index is 899. The lowest BCUT2D eigenvalue weighted by Gasteiger charge is -2.14. The van der Waals surface area contributed by atoms with E-state index in [1.165, 1.54) is 32.2 Å². The third-order valence-corrected chi connectivity index (χ3v) is 4.01. The largest absolute Gasteiger partial charge is 0.495 e. The molecule has 2 aromatic carbocycles. The van der Waals surface area contributed by atoms with Crippen molar-refractivity contribution in [3.05, 3.63) is 62.7 Å². The average molecular weight is 393 g/mol. The predicted octanol–water partition coefficient (Wildman–Crippen LogP) is 3.75. The van der Waals surface area contributed by atoms with Crippen molar-refractivity contribution in [2.45, 2.75) is 20.0 Å². The van der Waals surface area contributed by atoms with Crippen LogP contribution in [0.25, 0.3) is 0 Å². The lowest BCUT2D eigenvalue weighted by molar-refractivity contribution is -0.385. The Morgan fingerprint density at radius 1 is 1.22 bits per heavy atom. The van der Waals surface area contributed by atoms with Crippen LogP contribution in [0.4, 0.5) is 11.4 Å². The average Bonchev–Trinajstić information content (AvgIpc) is 2.61. The minimum absolute atomic E-state index is 0.0144. The van der Waals surface area contributed by atoms with E-state index < -0.39 is 22.9 Å². The summed E-state index contributed by atoms with van der Waals surface area (Å²) >= 11 is 5.99. The molecule has 9 heteroatoms. The molecule has 0 aromatic heterocycles. The van der Waals surface area contributed by atoms with Crippen molar-refractivity contribution in [2.75, 3.05) is 12.4 Å². The van der Waals surface area contributed by atoms with Gasteiger partial charge in [-0.25, -0.2) is 4.79 Å². The summed E-state index contributed by atoms with van der Waals surface area (Å²) in [7, 11) is 1.47. The number of esters is 1. The van der Waals surface area contributed by atoms with Crippen molar-refractivity contribution in [1.29, 1.82) is 0 Å². The zero-order valence-electron chi connectivity index (χ0n) is 14.8. The Morgan fingerprint density at radius 2 is 1.93 bits per heavy atom. The molecule has 27 heavy (non-hydrogen) atoms. The van der Waals surface area contributed by atoms with Gasteiger partial charge in [0.25, 0.3) is 11.6 Å². The lowest BCUT2D eigenvalue weighted by atomic mass is 10.1. The molecule has 0 bridgehead atoms. The van der Waals surface area contributed by atoms with Gasteiger partial charge in [0.2, 0.25) is 0 Å². The van der Waals surface area contributed by atoms with Crippen molar-refractivity contribution in [1.82, 2.24) is 0 Å². The second-order valence-electron chi connectivity index (χ2n) is 5.64. The normalized spacial score (nSPS) is 11.4. The van der Waals surface area contributed by atoms with Crippen molar-refractivity contribution in [2.24, 2.45) is 0 Å². The maximum absolute atomic E-state index is 12.2. The highest BCUT2D eigenvalue weighted by Crippen LogP contribution is 2.27. The molecule has 1 N–H and O–H groups in total. The summed E-state index contributed by atoms with van der Waals surface area (Å²) in [4.78, 5) is 34.8. The van der Waals surface area contributed by atoms with Crippen LogP contribution in [0.1, 0.15) is 22.8 Å². The van der Waals surface area contributed by atoms with Gasteiger partial charge in [-0.1, -0.05) is 17.7 Å². The first kappa shape index (κ1) is 20.2. The van der Waals surface area contributed by atoms with E-state index in [4.69, 9.17) is 21.1 Å². The van der Waals surface area contributed by atoms with Crippen molar-refractivity contribution >= 4 is 34.9 Å². The van der Waals surface area contributed by atoms with Gasteiger partial charge in [-0.2, -0.15) is 0 Å². The molecule has 0 spiro atoms. The Balaban J connectivity index is 2.05. The first-order valence-electron chi connectivity index (χ1n) is 7.83. The van der Waals surface area contributed by atoms with E-state index in [0.717, 1.165) is 6.07 Å². The molecule has 1 amide bonds. The highest BCUT2D eigenvalue weighted by atomic mass is 35.5. The molecule has 0 unspecified atom stereocenters. The molecule has 2 aromatic rings. The van der Waals surface area contributed by atoms with Crippen LogP contribution in [-0.4, -0.2) is 30.0 Å². The fraction of sp³-hybridized carbons (Fsp3) is 0.222. The number of nitro groups is 1. The number of anilines is 1. The van der Waals surface area contributed by atoms with Crippen molar-refractivity contribution in [3.8, 4) is 5.75 Å². The van der Waals surface area contributed by atoms with Crippen LogP contribution in [0.3, 0.4) is 0 Å². The zero-order valence-corrected chi connectivity index (χ0v) is 15.6. The minimum atomic E-state index is -1.13. The molecule has 0 aliphatic carbocycles. The summed E-state index contributed by atoms with van der Waals surface area (Å²) < 4.78 is 10.1. The summed E-state index contributed by atoms with van der Waals surface area (Å²) in [6.45, 7) is 2.95. The van der Waals surface area contributed by atoms with Crippen LogP contribution >= 0.6 is 11.6 Å². The molecule has 0 fully saturated rings. The van der Waals surface area contributed by atoms with Gasteiger partial charge in [0.05, 0.1) is 22.6 Å². The molecular formula is C18H17ClN2O6. The first-order chi connectivity index (χ1) is 12.7. The van der Waals surface area contributed by atoms with Crippen LogP contribution in [0.5, 0.6) is 5.75 Å². The summed E-state index contributed by atoms with van der Waals surface area (Å²) in [5.74, 6) is -0.963. The molecular weight excluding hydrogens is 376 g/mol. The van der Waals surface area contributed by atoms with Crippen LogP contribution in [0.15, 0.2) is 36.4 Å². The van der Waals surface area contributed by atoms with E-state index in [-0.39, 0.29) is 11.3 Å². The number of amides is 1. The summed E-state index contributed by atoms with van der Waals surface area (Å²) in [5, 5.41) is 13.8. The molecule has 0 heterocycles. The number of carbonyl (C=O) groups excluding carboxylic acids is 2. The Morgan fingerprint density at radius 3 is 2.52 bits per heavy atom. The molecule has 0 saturated heterocycles. The molecule has 0 saturated carbocycles. The molecule has 1 atom stereocenters. The van der Waals surface area contributed by atoms with E-state index in [0.29, 0.717) is 22.0 Å². The minimum Gasteiger partial charge on any atom is -0.495 e. The zero-order chi connectivity index (χ0) is 20.1. The fourth-order valence-corrected chi connectivity index (χ4v) is 2.46. The van der Waals surface area contributed by atoms with E-state index in [1.807, 2.05) is 0 Å². The molecule has 0 radical (unpaired) electrons. The van der Waals surface area contributed by atoms with Crippen molar-refractivity contribution < 1.29 is 24.0 Å². The van der Waals surface area contributed by atoms with E-state index >= 15 is 0 Å². The standard InChI is InChI=1S/C18H17ClN2O6/c1-10-4-5-12(8-15(10)21(24)25)18(23)27-11(2)17(22)20-13-6-7-16(26-3)14(19)9-13/h4-9,11H,1-3H3,(H,20,22)/t11-/m0/s1. The molecule has 142 valence electrons. The number of benzene rings is 2. The number of aryl methyl sites for hydroxylation is 1. The maximum Gasteiger partial charge on any atom is 0.339 e. The van der Waals surface area contributed by atoms with Gasteiger partial charge in [-0.15, -0.1) is 0 Å². The Labute approximate surface area is 160 Å². The van der Waals surface area contributed by atoms with E-state index in [2.05, 4.69) is 5.32 Å². The van der Waals surface area contributed by atoms with E-state index in [9.17, 15) is 19.7 Å². The van der Waals surface area contributed by atoms with Gasteiger partial charge in [0.15, 0.2) is 6.10 Å². The number of nitrogens with zero attached hydrogens (tertiary/aromatic N) is 1. The quantitative estimate of drug-likeness (QED) is 0.455. The van der Waals surface area contributed by atoms with Gasteiger partial charge in [0.1, 0.15) is 5.75 Å². The van der Waals surface area contributed by atoms with E-state index in [1.54, 1.807) is 19.1 Å². The van der Waals surface area contributed by atoms with Gasteiger partial charge < -0.3 is 14.8 Å². The maximum atomic E-state index is 12.2. The summed E-state index contributed by atoms with van der Waals surface area (Å²) in [6.07, 6.45) is -1.13. The first-order valence-corrected chi connectivity index (χ1v) is 8.21. The van der Waals surface area contributed by atoms with Crippen LogP contribution < -0.4 is 10.1 Å². The highest BCUT2D eigenvalue weighted by Gasteiger charge is 2.21. The van der Waals surface area contributed by atoms with Crippen LogP contribution in [0, 0.1) is 17.0 Å². The number of hydrogen-bond acceptors (Lipinski definition) is 6. The summed E-state index contributed by atoms with van der Waals surface area (Å²) in [6, 6.07) is 8.62. The fourth-order valence-electron chi connectivity index (χ4n) is 2.20. The Hall–Kier alpha value is -3.13. The summed E-state index contributed by atoms with van der Waals surface area (Å²) in [5.41, 5.74) is 0.604. The van der Waals surface area contributed by atoms with Gasteiger partial charge in [-0.05, 0) is 38.1 Å². The molecule has 2 rings (SSSR count). The number of ether oxygens (including phenoxy) is 2. The molecule has 8 nitrogen and oxygen atoms in total. The number of rotatable bonds is 6. The number of nitrogens with one attached hydrogen (secondary N) is 1. The number of methoxy groups -OCH3 is 1. The third kappa shape index (κ3) is 4.95. The van der Waals surface area contributed by atoms with Gasteiger partial charge in [-0.3, -0.25) is 14.9 Å². The molecule has 0 aliphatic rings. The van der Waals surface area contributed by atoms with Crippen molar-refractivity contribution in [3.63, 3.8) is 0 Å². The number of halogens is 1. The third-order valence-electron chi connectivity index (χ3n) is 3.71. The monoisotopic (exact) mass is 392 g/mol. The highest BCUT2D eigenvalue weighted by molar-refractivity contribution is 6.32. The van der Waals surface area contributed by atoms with Crippen LogP contribution in [0.2, 0.25) is 5.02 Å². The number of nitro benzene ring substituents is 1. The molecule has 0 aliphatic heterocycles. The van der Waals surface area contributed by atoms with Gasteiger partial charge in [0, 0.05) is 17.3 Å². The topological polar surface area (TPSA) is 108 Å². The lowest BCUT2D eigenvalue weighted by Crippen LogP contribution is -2.30. The predicted molar refractivity (Wildman–Crippen MR) is 99.3 cm³/mol.